The van der Waals surface area contributed by atoms with Gasteiger partial charge >= 0.3 is 0 Å². The van der Waals surface area contributed by atoms with E-state index in [1.54, 1.807) is 0 Å². The first kappa shape index (κ1) is 18.2. The summed E-state index contributed by atoms with van der Waals surface area (Å²) in [5, 5.41) is 3.01. The second kappa shape index (κ2) is 8.68. The minimum atomic E-state index is 0.146. The number of hydrogen-bond acceptors (Lipinski definition) is 4. The molecule has 2 aliphatic rings. The highest BCUT2D eigenvalue weighted by Gasteiger charge is 2.20. The molecule has 5 nitrogen and oxygen atoms in total. The highest BCUT2D eigenvalue weighted by Crippen LogP contribution is 2.23. The number of rotatable bonds is 6. The summed E-state index contributed by atoms with van der Waals surface area (Å²) >= 11 is 0. The Morgan fingerprint density at radius 1 is 1.24 bits per heavy atom. The summed E-state index contributed by atoms with van der Waals surface area (Å²) in [6.07, 6.45) is 2.99. The average molecular weight is 345 g/mol. The van der Waals surface area contributed by atoms with Gasteiger partial charge in [0.15, 0.2) is 0 Å². The van der Waals surface area contributed by atoms with Crippen molar-refractivity contribution in [3.8, 4) is 0 Å². The van der Waals surface area contributed by atoms with Crippen LogP contribution in [-0.4, -0.2) is 62.8 Å². The molecule has 2 heterocycles. The van der Waals surface area contributed by atoms with Gasteiger partial charge in [-0.2, -0.15) is 0 Å². The smallest absolute Gasteiger partial charge is 0.221 e. The van der Waals surface area contributed by atoms with Crippen molar-refractivity contribution in [2.75, 3.05) is 50.8 Å². The third kappa shape index (κ3) is 4.95. The number of nitrogens with zero attached hydrogens (tertiary/aromatic N) is 2. The Kier molecular flexibility index (Phi) is 6.32. The van der Waals surface area contributed by atoms with Gasteiger partial charge in [0.25, 0.3) is 0 Å². The molecule has 1 atom stereocenters. The lowest BCUT2D eigenvalue weighted by Crippen LogP contribution is -2.47. The summed E-state index contributed by atoms with van der Waals surface area (Å²) in [7, 11) is 0. The Bertz CT molecular complexity index is 576. The number of hydrogen-bond donors (Lipinski definition) is 1. The zero-order valence-corrected chi connectivity index (χ0v) is 15.6. The number of anilines is 1. The third-order valence-electron chi connectivity index (χ3n) is 5.50. The number of carbonyl (C=O) groups excluding carboxylic acids is 1. The topological polar surface area (TPSA) is 44.8 Å². The van der Waals surface area contributed by atoms with E-state index >= 15 is 0 Å². The molecule has 0 aliphatic carbocycles. The van der Waals surface area contributed by atoms with Crippen molar-refractivity contribution >= 4 is 11.6 Å². The Labute approximate surface area is 151 Å². The molecule has 138 valence electrons. The van der Waals surface area contributed by atoms with Crippen LogP contribution in [-0.2, 0) is 9.53 Å². The fraction of sp³-hybridized carbons (Fsp3) is 0.650. The van der Waals surface area contributed by atoms with Crippen LogP contribution in [0.15, 0.2) is 18.2 Å². The van der Waals surface area contributed by atoms with Crippen LogP contribution in [0.1, 0.15) is 30.4 Å². The molecule has 0 bridgehead atoms. The Balaban J connectivity index is 1.37. The minimum absolute atomic E-state index is 0.146. The van der Waals surface area contributed by atoms with Crippen molar-refractivity contribution in [1.29, 1.82) is 0 Å². The second-order valence-corrected chi connectivity index (χ2v) is 7.24. The molecule has 25 heavy (non-hydrogen) atoms. The maximum Gasteiger partial charge on any atom is 0.221 e. The van der Waals surface area contributed by atoms with E-state index in [1.165, 1.54) is 16.8 Å². The molecule has 1 aromatic rings. The van der Waals surface area contributed by atoms with Crippen LogP contribution in [0.2, 0.25) is 0 Å². The van der Waals surface area contributed by atoms with Gasteiger partial charge in [-0.3, -0.25) is 9.69 Å². The Morgan fingerprint density at radius 2 is 2.04 bits per heavy atom. The van der Waals surface area contributed by atoms with E-state index in [4.69, 9.17) is 4.74 Å². The zero-order chi connectivity index (χ0) is 17.6. The van der Waals surface area contributed by atoms with E-state index in [2.05, 4.69) is 47.2 Å². The molecule has 0 aromatic heterocycles. The molecule has 1 amide bonds. The van der Waals surface area contributed by atoms with E-state index < -0.39 is 0 Å². The number of ether oxygens (including phenoxy) is 1. The van der Waals surface area contributed by atoms with E-state index in [0.717, 1.165) is 52.2 Å². The van der Waals surface area contributed by atoms with Gasteiger partial charge < -0.3 is 15.0 Å². The predicted molar refractivity (Wildman–Crippen MR) is 101 cm³/mol. The molecular weight excluding hydrogens is 314 g/mol. The van der Waals surface area contributed by atoms with Gasteiger partial charge in [-0.15, -0.1) is 0 Å². The van der Waals surface area contributed by atoms with Crippen molar-refractivity contribution < 1.29 is 9.53 Å². The first-order chi connectivity index (χ1) is 12.1. The Morgan fingerprint density at radius 3 is 2.76 bits per heavy atom. The number of nitrogens with one attached hydrogen (secondary N) is 1. The molecule has 1 N–H and O–H groups in total. The third-order valence-corrected chi connectivity index (χ3v) is 5.50. The molecule has 2 saturated heterocycles. The van der Waals surface area contributed by atoms with Gasteiger partial charge in [0.1, 0.15) is 0 Å². The molecule has 1 aromatic carbocycles. The fourth-order valence-electron chi connectivity index (χ4n) is 3.67. The van der Waals surface area contributed by atoms with Crippen LogP contribution in [0, 0.1) is 13.8 Å². The van der Waals surface area contributed by atoms with Crippen molar-refractivity contribution in [2.24, 2.45) is 0 Å². The molecule has 0 spiro atoms. The summed E-state index contributed by atoms with van der Waals surface area (Å²) in [6.45, 7) is 10.8. The summed E-state index contributed by atoms with van der Waals surface area (Å²) < 4.78 is 5.54. The van der Waals surface area contributed by atoms with Gasteiger partial charge in [-0.05, 0) is 43.9 Å². The Hall–Kier alpha value is -1.59. The average Bonchev–Trinajstić information content (AvgIpc) is 3.15. The second-order valence-electron chi connectivity index (χ2n) is 7.24. The maximum absolute atomic E-state index is 12.0. The number of amides is 1. The van der Waals surface area contributed by atoms with Crippen LogP contribution < -0.4 is 10.2 Å². The lowest BCUT2D eigenvalue weighted by atomic mass is 10.1. The molecule has 1 unspecified atom stereocenters. The molecule has 0 saturated carbocycles. The first-order valence-electron chi connectivity index (χ1n) is 9.55. The van der Waals surface area contributed by atoms with E-state index in [-0.39, 0.29) is 12.0 Å². The zero-order valence-electron chi connectivity index (χ0n) is 15.6. The minimum Gasteiger partial charge on any atom is -0.376 e. The predicted octanol–water partition coefficient (Wildman–Crippen LogP) is 2.11. The normalized spacial score (nSPS) is 21.5. The van der Waals surface area contributed by atoms with E-state index in [0.29, 0.717) is 13.0 Å². The molecular formula is C20H31N3O2. The van der Waals surface area contributed by atoms with Crippen LogP contribution in [0.5, 0.6) is 0 Å². The van der Waals surface area contributed by atoms with Gasteiger partial charge in [0, 0.05) is 58.0 Å². The monoisotopic (exact) mass is 345 g/mol. The maximum atomic E-state index is 12.0. The van der Waals surface area contributed by atoms with Crippen LogP contribution >= 0.6 is 0 Å². The summed E-state index contributed by atoms with van der Waals surface area (Å²) in [6, 6.07) is 6.53. The summed E-state index contributed by atoms with van der Waals surface area (Å²) in [5.41, 5.74) is 4.08. The number of aryl methyl sites for hydroxylation is 1. The lowest BCUT2D eigenvalue weighted by Gasteiger charge is -2.37. The van der Waals surface area contributed by atoms with Gasteiger partial charge in [0.05, 0.1) is 6.10 Å². The highest BCUT2D eigenvalue weighted by molar-refractivity contribution is 5.76. The first-order valence-corrected chi connectivity index (χ1v) is 9.55. The highest BCUT2D eigenvalue weighted by atomic mass is 16.5. The summed E-state index contributed by atoms with van der Waals surface area (Å²) in [4.78, 5) is 16.9. The molecule has 2 fully saturated rings. The number of benzene rings is 1. The van der Waals surface area contributed by atoms with Crippen molar-refractivity contribution in [2.45, 2.75) is 39.2 Å². The lowest BCUT2D eigenvalue weighted by molar-refractivity contribution is -0.121. The van der Waals surface area contributed by atoms with Crippen LogP contribution in [0.4, 0.5) is 5.69 Å². The standard InChI is InChI=1S/C20H31N3O2/c1-16-5-3-7-19(17(16)2)23-12-10-22(11-13-23)9-8-20(24)21-15-18-6-4-14-25-18/h3,5,7,18H,4,6,8-15H2,1-2H3,(H,21,24). The van der Waals surface area contributed by atoms with Gasteiger partial charge in [0.2, 0.25) is 5.91 Å². The molecule has 2 aliphatic heterocycles. The quantitative estimate of drug-likeness (QED) is 0.858. The molecule has 0 radical (unpaired) electrons. The largest absolute Gasteiger partial charge is 0.376 e. The fourth-order valence-corrected chi connectivity index (χ4v) is 3.67. The van der Waals surface area contributed by atoms with Crippen molar-refractivity contribution in [3.05, 3.63) is 29.3 Å². The van der Waals surface area contributed by atoms with Crippen LogP contribution in [0.25, 0.3) is 0 Å². The number of piperazine rings is 1. The van der Waals surface area contributed by atoms with Gasteiger partial charge in [-0.1, -0.05) is 12.1 Å². The van der Waals surface area contributed by atoms with Crippen molar-refractivity contribution in [1.82, 2.24) is 10.2 Å². The molecule has 5 heteroatoms. The van der Waals surface area contributed by atoms with Crippen molar-refractivity contribution in [3.63, 3.8) is 0 Å². The van der Waals surface area contributed by atoms with E-state index in [9.17, 15) is 4.79 Å². The SMILES string of the molecule is Cc1cccc(N2CCN(CCC(=O)NCC3CCCO3)CC2)c1C. The van der Waals surface area contributed by atoms with E-state index in [1.807, 2.05) is 0 Å². The van der Waals surface area contributed by atoms with Crippen LogP contribution in [0.3, 0.4) is 0 Å². The summed E-state index contributed by atoms with van der Waals surface area (Å²) in [5.74, 6) is 0.146. The number of carbonyl (C=O) groups is 1. The molecule has 3 rings (SSSR count). The van der Waals surface area contributed by atoms with Gasteiger partial charge in [-0.25, -0.2) is 0 Å².